The van der Waals surface area contributed by atoms with Gasteiger partial charge in [-0.2, -0.15) is 0 Å². The molecule has 2 aliphatic heterocycles. The average molecular weight is 456 g/mol. The highest BCUT2D eigenvalue weighted by atomic mass is 16.5. The minimum atomic E-state index is 0.365. The number of hydrogen-bond donors (Lipinski definition) is 0. The Kier molecular flexibility index (Phi) is 6.89. The standard InChI is InChI=1S/C30H37N3O/c1-31(2)26-17-16-25(29(19-26)34-3)20-32-21-27-15-10-18-33(27)28(22-32)30(23-11-6-4-7-12-23)24-13-8-5-9-14-24/h4-9,11-14,16-17,19,27-28,30H,10,15,18,20-22H2,1-3H3/t27-,28-/m0/s1. The summed E-state index contributed by atoms with van der Waals surface area (Å²) in [7, 11) is 5.94. The van der Waals surface area contributed by atoms with Crippen molar-refractivity contribution in [1.82, 2.24) is 9.80 Å². The van der Waals surface area contributed by atoms with Gasteiger partial charge >= 0.3 is 0 Å². The van der Waals surface area contributed by atoms with Crippen molar-refractivity contribution in [3.63, 3.8) is 0 Å². The van der Waals surface area contributed by atoms with Gasteiger partial charge in [0.1, 0.15) is 5.75 Å². The second kappa shape index (κ2) is 10.2. The lowest BCUT2D eigenvalue weighted by atomic mass is 9.82. The number of hydrogen-bond acceptors (Lipinski definition) is 4. The third-order valence-corrected chi connectivity index (χ3v) is 7.65. The van der Waals surface area contributed by atoms with Gasteiger partial charge in [-0.25, -0.2) is 0 Å². The zero-order valence-corrected chi connectivity index (χ0v) is 20.7. The number of benzene rings is 3. The number of methoxy groups -OCH3 is 1. The molecule has 0 amide bonds. The number of fused-ring (bicyclic) bond motifs is 1. The number of piperazine rings is 1. The Morgan fingerprint density at radius 3 is 2.21 bits per heavy atom. The van der Waals surface area contributed by atoms with E-state index in [4.69, 9.17) is 4.74 Å². The number of anilines is 1. The van der Waals surface area contributed by atoms with Crippen molar-refractivity contribution in [3.8, 4) is 5.75 Å². The van der Waals surface area contributed by atoms with E-state index < -0.39 is 0 Å². The summed E-state index contributed by atoms with van der Waals surface area (Å²) in [4.78, 5) is 7.61. The lowest BCUT2D eigenvalue weighted by molar-refractivity contribution is 0.0380. The molecule has 34 heavy (non-hydrogen) atoms. The van der Waals surface area contributed by atoms with Crippen LogP contribution < -0.4 is 9.64 Å². The van der Waals surface area contributed by atoms with Crippen LogP contribution in [-0.2, 0) is 6.54 Å². The van der Waals surface area contributed by atoms with E-state index in [1.807, 2.05) is 0 Å². The molecule has 2 heterocycles. The maximum atomic E-state index is 5.81. The Morgan fingerprint density at radius 1 is 0.912 bits per heavy atom. The predicted octanol–water partition coefficient (Wildman–Crippen LogP) is 5.24. The SMILES string of the molecule is COc1cc(N(C)C)ccc1CN1C[C@@H]2CCCN2[C@H](C(c2ccccc2)c2ccccc2)C1. The van der Waals surface area contributed by atoms with Gasteiger partial charge in [-0.15, -0.1) is 0 Å². The molecular formula is C30H37N3O. The van der Waals surface area contributed by atoms with E-state index in [-0.39, 0.29) is 0 Å². The van der Waals surface area contributed by atoms with E-state index in [0.29, 0.717) is 18.0 Å². The van der Waals surface area contributed by atoms with Crippen molar-refractivity contribution < 1.29 is 4.74 Å². The van der Waals surface area contributed by atoms with E-state index in [9.17, 15) is 0 Å². The molecule has 0 N–H and O–H groups in total. The minimum Gasteiger partial charge on any atom is -0.496 e. The summed E-state index contributed by atoms with van der Waals surface area (Å²) in [5, 5.41) is 0. The molecule has 178 valence electrons. The van der Waals surface area contributed by atoms with Crippen molar-refractivity contribution >= 4 is 5.69 Å². The Hall–Kier alpha value is -2.82. The lowest BCUT2D eigenvalue weighted by Crippen LogP contribution is -2.57. The number of nitrogens with zero attached hydrogens (tertiary/aromatic N) is 3. The topological polar surface area (TPSA) is 19.0 Å². The molecule has 3 aromatic carbocycles. The van der Waals surface area contributed by atoms with Gasteiger partial charge < -0.3 is 9.64 Å². The number of ether oxygens (including phenoxy) is 1. The number of rotatable bonds is 7. The van der Waals surface area contributed by atoms with Gasteiger partial charge in [-0.05, 0) is 36.6 Å². The molecule has 0 spiro atoms. The second-order valence-electron chi connectivity index (χ2n) is 9.98. The molecule has 2 fully saturated rings. The van der Waals surface area contributed by atoms with Crippen molar-refractivity contribution in [2.75, 3.05) is 45.7 Å². The van der Waals surface area contributed by atoms with Gasteiger partial charge in [0.25, 0.3) is 0 Å². The summed E-state index contributed by atoms with van der Waals surface area (Å²) in [6.07, 6.45) is 2.59. The van der Waals surface area contributed by atoms with Crippen LogP contribution in [0, 0.1) is 0 Å². The monoisotopic (exact) mass is 455 g/mol. The third kappa shape index (κ3) is 4.70. The van der Waals surface area contributed by atoms with Gasteiger partial charge in [-0.3, -0.25) is 9.80 Å². The molecule has 2 atom stereocenters. The molecule has 0 unspecified atom stereocenters. The molecule has 0 aliphatic carbocycles. The highest BCUT2D eigenvalue weighted by molar-refractivity contribution is 5.53. The van der Waals surface area contributed by atoms with Crippen molar-refractivity contribution in [1.29, 1.82) is 0 Å². The highest BCUT2D eigenvalue weighted by Crippen LogP contribution is 2.38. The van der Waals surface area contributed by atoms with Crippen LogP contribution in [0.3, 0.4) is 0 Å². The molecule has 2 aliphatic rings. The van der Waals surface area contributed by atoms with Gasteiger partial charge in [0.15, 0.2) is 0 Å². The van der Waals surface area contributed by atoms with E-state index in [0.717, 1.165) is 25.4 Å². The first-order valence-electron chi connectivity index (χ1n) is 12.6. The van der Waals surface area contributed by atoms with E-state index in [1.54, 1.807) is 7.11 Å². The molecule has 4 nitrogen and oxygen atoms in total. The van der Waals surface area contributed by atoms with Crippen LogP contribution in [0.25, 0.3) is 0 Å². The molecular weight excluding hydrogens is 418 g/mol. The summed E-state index contributed by atoms with van der Waals surface area (Å²) in [5.74, 6) is 1.35. The molecule has 0 radical (unpaired) electrons. The van der Waals surface area contributed by atoms with Gasteiger partial charge in [0.2, 0.25) is 0 Å². The summed E-state index contributed by atoms with van der Waals surface area (Å²) >= 11 is 0. The first-order valence-corrected chi connectivity index (χ1v) is 12.6. The Balaban J connectivity index is 1.46. The summed E-state index contributed by atoms with van der Waals surface area (Å²) in [6, 6.07) is 29.9. The normalized spacial score (nSPS) is 20.9. The first kappa shape index (κ1) is 22.9. The maximum absolute atomic E-state index is 5.81. The zero-order valence-electron chi connectivity index (χ0n) is 20.7. The van der Waals surface area contributed by atoms with Crippen LogP contribution >= 0.6 is 0 Å². The predicted molar refractivity (Wildman–Crippen MR) is 141 cm³/mol. The van der Waals surface area contributed by atoms with Crippen LogP contribution in [0.1, 0.15) is 35.4 Å². The Labute approximate surface area is 204 Å². The lowest BCUT2D eigenvalue weighted by Gasteiger charge is -2.47. The Bertz CT molecular complexity index is 1030. The summed E-state index contributed by atoms with van der Waals surface area (Å²) in [6.45, 7) is 4.32. The second-order valence-corrected chi connectivity index (χ2v) is 9.98. The molecule has 4 heteroatoms. The first-order chi connectivity index (χ1) is 16.6. The molecule has 0 aromatic heterocycles. The summed E-state index contributed by atoms with van der Waals surface area (Å²) in [5.41, 5.74) is 5.28. The van der Waals surface area contributed by atoms with E-state index >= 15 is 0 Å². The fourth-order valence-electron chi connectivity index (χ4n) is 6.00. The van der Waals surface area contributed by atoms with Crippen LogP contribution in [0.4, 0.5) is 5.69 Å². The largest absolute Gasteiger partial charge is 0.496 e. The van der Waals surface area contributed by atoms with Crippen molar-refractivity contribution in [2.24, 2.45) is 0 Å². The van der Waals surface area contributed by atoms with Crippen molar-refractivity contribution in [2.45, 2.75) is 37.4 Å². The van der Waals surface area contributed by atoms with E-state index in [1.165, 1.54) is 41.8 Å². The fourth-order valence-corrected chi connectivity index (χ4v) is 6.00. The van der Waals surface area contributed by atoms with Gasteiger partial charge in [-0.1, -0.05) is 66.7 Å². The van der Waals surface area contributed by atoms with Crippen LogP contribution in [-0.4, -0.2) is 62.7 Å². The smallest absolute Gasteiger partial charge is 0.125 e. The van der Waals surface area contributed by atoms with Gasteiger partial charge in [0, 0.05) is 69.0 Å². The highest BCUT2D eigenvalue weighted by Gasteiger charge is 2.41. The van der Waals surface area contributed by atoms with E-state index in [2.05, 4.69) is 108 Å². The fraction of sp³-hybridized carbons (Fsp3) is 0.400. The van der Waals surface area contributed by atoms with Crippen LogP contribution in [0.2, 0.25) is 0 Å². The molecule has 0 bridgehead atoms. The third-order valence-electron chi connectivity index (χ3n) is 7.65. The maximum Gasteiger partial charge on any atom is 0.125 e. The molecule has 0 saturated carbocycles. The Morgan fingerprint density at radius 2 is 1.59 bits per heavy atom. The molecule has 5 rings (SSSR count). The average Bonchev–Trinajstić information content (AvgIpc) is 3.34. The van der Waals surface area contributed by atoms with Gasteiger partial charge in [0.05, 0.1) is 7.11 Å². The quantitative estimate of drug-likeness (QED) is 0.485. The van der Waals surface area contributed by atoms with Crippen molar-refractivity contribution in [3.05, 3.63) is 95.6 Å². The zero-order chi connectivity index (χ0) is 23.5. The van der Waals surface area contributed by atoms with Crippen LogP contribution in [0.5, 0.6) is 5.75 Å². The minimum absolute atomic E-state index is 0.365. The molecule has 3 aromatic rings. The molecule has 2 saturated heterocycles. The summed E-state index contributed by atoms with van der Waals surface area (Å²) < 4.78 is 5.81. The van der Waals surface area contributed by atoms with Crippen LogP contribution in [0.15, 0.2) is 78.9 Å².